The molecule has 0 saturated heterocycles. The number of rotatable bonds is 7. The molecule has 0 amide bonds. The molecule has 2 rings (SSSR count). The van der Waals surface area contributed by atoms with Crippen molar-refractivity contribution in [1.82, 2.24) is 10.6 Å². The van der Waals surface area contributed by atoms with E-state index >= 15 is 0 Å². The van der Waals surface area contributed by atoms with Crippen molar-refractivity contribution in [3.8, 4) is 0 Å². The van der Waals surface area contributed by atoms with Crippen LogP contribution in [0, 0.1) is 18.7 Å². The third kappa shape index (κ3) is 5.71. The van der Waals surface area contributed by atoms with Crippen molar-refractivity contribution in [3.63, 3.8) is 0 Å². The van der Waals surface area contributed by atoms with Crippen LogP contribution >= 0.6 is 0 Å². The quantitative estimate of drug-likeness (QED) is 0.460. The Morgan fingerprint density at radius 2 is 2.19 bits per heavy atom. The van der Waals surface area contributed by atoms with E-state index in [4.69, 9.17) is 4.74 Å². The summed E-state index contributed by atoms with van der Waals surface area (Å²) in [5, 5.41) is 6.34. The van der Waals surface area contributed by atoms with Crippen molar-refractivity contribution in [2.24, 2.45) is 10.9 Å². The summed E-state index contributed by atoms with van der Waals surface area (Å²) >= 11 is 0. The number of guanidine groups is 1. The van der Waals surface area contributed by atoms with E-state index < -0.39 is 0 Å². The fraction of sp³-hybridized carbons (Fsp3) is 0.562. The van der Waals surface area contributed by atoms with Gasteiger partial charge in [-0.3, -0.25) is 4.99 Å². The monoisotopic (exact) mass is 293 g/mol. The molecule has 1 aliphatic rings. The molecule has 1 aromatic rings. The third-order valence-corrected chi connectivity index (χ3v) is 3.51. The highest BCUT2D eigenvalue weighted by molar-refractivity contribution is 5.79. The number of aryl methyl sites for hydroxylation is 1. The zero-order valence-corrected chi connectivity index (χ0v) is 12.8. The van der Waals surface area contributed by atoms with Gasteiger partial charge in [0.25, 0.3) is 0 Å². The van der Waals surface area contributed by atoms with Crippen LogP contribution in [0.25, 0.3) is 0 Å². The molecule has 0 unspecified atom stereocenters. The number of hydrogen-bond acceptors (Lipinski definition) is 2. The van der Waals surface area contributed by atoms with Gasteiger partial charge in [0, 0.05) is 26.7 Å². The summed E-state index contributed by atoms with van der Waals surface area (Å²) < 4.78 is 19.0. The van der Waals surface area contributed by atoms with E-state index in [1.165, 1.54) is 12.8 Å². The first-order valence-electron chi connectivity index (χ1n) is 7.46. The number of benzene rings is 1. The van der Waals surface area contributed by atoms with Crippen LogP contribution in [-0.4, -0.2) is 32.8 Å². The molecule has 1 saturated carbocycles. The number of aliphatic imine (C=N–C) groups is 1. The van der Waals surface area contributed by atoms with Gasteiger partial charge < -0.3 is 15.4 Å². The number of nitrogens with one attached hydrogen (secondary N) is 2. The fourth-order valence-electron chi connectivity index (χ4n) is 1.93. The van der Waals surface area contributed by atoms with E-state index in [9.17, 15) is 4.39 Å². The number of hydrogen-bond donors (Lipinski definition) is 2. The largest absolute Gasteiger partial charge is 0.379 e. The van der Waals surface area contributed by atoms with Crippen molar-refractivity contribution in [2.45, 2.75) is 26.3 Å². The first-order valence-corrected chi connectivity index (χ1v) is 7.46. The molecule has 0 radical (unpaired) electrons. The maximum Gasteiger partial charge on any atom is 0.191 e. The second kappa shape index (κ2) is 7.98. The van der Waals surface area contributed by atoms with Gasteiger partial charge in [-0.15, -0.1) is 0 Å². The lowest BCUT2D eigenvalue weighted by atomic mass is 10.1. The van der Waals surface area contributed by atoms with Gasteiger partial charge in [-0.25, -0.2) is 4.39 Å². The second-order valence-corrected chi connectivity index (χ2v) is 5.45. The lowest BCUT2D eigenvalue weighted by Gasteiger charge is -2.12. The average Bonchev–Trinajstić information content (AvgIpc) is 3.29. The van der Waals surface area contributed by atoms with Crippen molar-refractivity contribution in [1.29, 1.82) is 0 Å². The fourth-order valence-corrected chi connectivity index (χ4v) is 1.93. The zero-order chi connectivity index (χ0) is 15.1. The molecule has 0 atom stereocenters. The van der Waals surface area contributed by atoms with Gasteiger partial charge in [-0.1, -0.05) is 12.1 Å². The summed E-state index contributed by atoms with van der Waals surface area (Å²) in [6, 6.07) is 5.25. The highest BCUT2D eigenvalue weighted by Crippen LogP contribution is 2.28. The second-order valence-electron chi connectivity index (χ2n) is 5.45. The molecule has 0 bridgehead atoms. The van der Waals surface area contributed by atoms with Crippen LogP contribution in [0.2, 0.25) is 0 Å². The van der Waals surface area contributed by atoms with Crippen molar-refractivity contribution >= 4 is 5.96 Å². The number of nitrogens with zero attached hydrogens (tertiary/aromatic N) is 1. The van der Waals surface area contributed by atoms with Crippen molar-refractivity contribution < 1.29 is 9.13 Å². The standard InChI is InChI=1S/C16H24FN3O/c1-12-3-4-14(9-15(12)17)10-20-16(18-2)19-7-8-21-11-13-5-6-13/h3-4,9,13H,5-8,10-11H2,1-2H3,(H2,18,19,20). The Labute approximate surface area is 125 Å². The molecule has 1 fully saturated rings. The van der Waals surface area contributed by atoms with Crippen LogP contribution in [0.1, 0.15) is 24.0 Å². The first-order chi connectivity index (χ1) is 10.2. The molecule has 0 heterocycles. The molecule has 21 heavy (non-hydrogen) atoms. The van der Waals surface area contributed by atoms with Crippen LogP contribution in [0.5, 0.6) is 0 Å². The first kappa shape index (κ1) is 15.8. The van der Waals surface area contributed by atoms with Crippen LogP contribution < -0.4 is 10.6 Å². The summed E-state index contributed by atoms with van der Waals surface area (Å²) in [5.74, 6) is 1.32. The summed E-state index contributed by atoms with van der Waals surface area (Å²) in [5.41, 5.74) is 1.56. The van der Waals surface area contributed by atoms with Gasteiger partial charge in [0.1, 0.15) is 5.82 Å². The maximum atomic E-state index is 13.5. The van der Waals surface area contributed by atoms with Gasteiger partial charge >= 0.3 is 0 Å². The smallest absolute Gasteiger partial charge is 0.191 e. The minimum Gasteiger partial charge on any atom is -0.379 e. The molecule has 1 aromatic carbocycles. The molecular weight excluding hydrogens is 269 g/mol. The Bertz CT molecular complexity index is 486. The van der Waals surface area contributed by atoms with Crippen molar-refractivity contribution in [3.05, 3.63) is 35.1 Å². The van der Waals surface area contributed by atoms with Crippen molar-refractivity contribution in [2.75, 3.05) is 26.8 Å². The Morgan fingerprint density at radius 3 is 2.86 bits per heavy atom. The summed E-state index contributed by atoms with van der Waals surface area (Å²) in [4.78, 5) is 4.13. The van der Waals surface area contributed by atoms with E-state index in [1.54, 1.807) is 26.1 Å². The van der Waals surface area contributed by atoms with Gasteiger partial charge in [0.05, 0.1) is 6.61 Å². The Balaban J connectivity index is 1.65. The molecule has 2 N–H and O–H groups in total. The number of halogens is 1. The van der Waals surface area contributed by atoms with Gasteiger partial charge in [0.2, 0.25) is 0 Å². The van der Waals surface area contributed by atoms with E-state index in [2.05, 4.69) is 15.6 Å². The van der Waals surface area contributed by atoms with Gasteiger partial charge in [-0.05, 0) is 42.9 Å². The molecule has 116 valence electrons. The van der Waals surface area contributed by atoms with Crippen LogP contribution in [-0.2, 0) is 11.3 Å². The molecule has 1 aliphatic carbocycles. The molecular formula is C16H24FN3O. The zero-order valence-electron chi connectivity index (χ0n) is 12.8. The van der Waals surface area contributed by atoms with Crippen LogP contribution in [0.15, 0.2) is 23.2 Å². The Kier molecular flexibility index (Phi) is 5.99. The Hall–Kier alpha value is -1.62. The van der Waals surface area contributed by atoms with E-state index in [-0.39, 0.29) is 5.82 Å². The molecule has 4 nitrogen and oxygen atoms in total. The van der Waals surface area contributed by atoms with Gasteiger partial charge in [-0.2, -0.15) is 0 Å². The lowest BCUT2D eigenvalue weighted by molar-refractivity contribution is 0.129. The Morgan fingerprint density at radius 1 is 1.38 bits per heavy atom. The molecule has 5 heteroatoms. The van der Waals surface area contributed by atoms with E-state index in [1.807, 2.05) is 6.07 Å². The average molecular weight is 293 g/mol. The van der Waals surface area contributed by atoms with Crippen LogP contribution in [0.4, 0.5) is 4.39 Å². The highest BCUT2D eigenvalue weighted by atomic mass is 19.1. The van der Waals surface area contributed by atoms with E-state index in [0.717, 1.165) is 18.1 Å². The van der Waals surface area contributed by atoms with Gasteiger partial charge in [0.15, 0.2) is 5.96 Å². The predicted molar refractivity (Wildman–Crippen MR) is 82.9 cm³/mol. The minimum absolute atomic E-state index is 0.175. The summed E-state index contributed by atoms with van der Waals surface area (Å²) in [7, 11) is 1.72. The maximum absolute atomic E-state index is 13.5. The minimum atomic E-state index is -0.175. The predicted octanol–water partition coefficient (Wildman–Crippen LogP) is 2.23. The molecule has 0 aliphatic heterocycles. The third-order valence-electron chi connectivity index (χ3n) is 3.51. The molecule has 0 aromatic heterocycles. The normalized spacial score (nSPS) is 15.1. The van der Waals surface area contributed by atoms with Crippen LogP contribution in [0.3, 0.4) is 0 Å². The van der Waals surface area contributed by atoms with E-state index in [0.29, 0.717) is 31.2 Å². The highest BCUT2D eigenvalue weighted by Gasteiger charge is 2.20. The topological polar surface area (TPSA) is 45.7 Å². The lowest BCUT2D eigenvalue weighted by Crippen LogP contribution is -2.38. The molecule has 0 spiro atoms. The summed E-state index contributed by atoms with van der Waals surface area (Å²) in [6.07, 6.45) is 2.62. The SMILES string of the molecule is CN=C(NCCOCC1CC1)NCc1ccc(C)c(F)c1. The summed E-state index contributed by atoms with van der Waals surface area (Å²) in [6.45, 7) is 4.57. The number of ether oxygens (including phenoxy) is 1.